The number of ether oxygens (including phenoxy) is 2. The topological polar surface area (TPSA) is 18.5 Å². The van der Waals surface area contributed by atoms with Gasteiger partial charge in [-0.05, 0) is 108 Å². The van der Waals surface area contributed by atoms with E-state index in [9.17, 15) is 0 Å². The zero-order valence-corrected chi connectivity index (χ0v) is 31.0. The number of methoxy groups -OCH3 is 2. The smallest absolute Gasteiger partial charge is 0.127 e. The van der Waals surface area contributed by atoms with Gasteiger partial charge in [0.25, 0.3) is 0 Å². The Morgan fingerprint density at radius 2 is 0.571 bits per heavy atom. The van der Waals surface area contributed by atoms with Gasteiger partial charge in [-0.1, -0.05) is 120 Å². The summed E-state index contributed by atoms with van der Waals surface area (Å²) in [6, 6.07) is 56.4. The third-order valence-electron chi connectivity index (χ3n) is 9.44. The van der Waals surface area contributed by atoms with Gasteiger partial charge in [-0.15, -0.1) is 0 Å². The normalized spacial score (nSPS) is 10.1. The molecule has 56 heavy (non-hydrogen) atoms. The number of hydrogen-bond donors (Lipinski definition) is 0. The molecule has 2 heteroatoms. The summed E-state index contributed by atoms with van der Waals surface area (Å²) in [4.78, 5) is 0. The van der Waals surface area contributed by atoms with Gasteiger partial charge in [0.05, 0.1) is 14.2 Å². The van der Waals surface area contributed by atoms with Crippen molar-refractivity contribution in [1.29, 1.82) is 0 Å². The molecule has 0 unspecified atom stereocenters. The van der Waals surface area contributed by atoms with Crippen LogP contribution in [0.1, 0.15) is 44.5 Å². The van der Waals surface area contributed by atoms with Crippen molar-refractivity contribution in [2.75, 3.05) is 14.2 Å². The molecule has 0 saturated carbocycles. The summed E-state index contributed by atoms with van der Waals surface area (Å²) in [5, 5.41) is 3.70. The maximum atomic E-state index is 6.24. The standard InChI is InChI=1S/C54H34O2/c1-55-49-37-35-47-43(27-23-39-15-7-3-8-16-39)31-33-45(29-25-41-19-11-5-12-20-41)51(47)53(49)54-50(56-2)38-36-48-44(28-24-40-17-9-4-10-18-40)32-34-46(52(48)54)30-26-42-21-13-6-14-22-42/h3-22,31-38H,1-2H3. The van der Waals surface area contributed by atoms with Crippen LogP contribution in [0.2, 0.25) is 0 Å². The second kappa shape index (κ2) is 16.4. The molecule has 262 valence electrons. The van der Waals surface area contributed by atoms with Gasteiger partial charge in [-0.25, -0.2) is 0 Å². The molecule has 0 bridgehead atoms. The van der Waals surface area contributed by atoms with E-state index in [0.29, 0.717) is 11.5 Å². The van der Waals surface area contributed by atoms with Gasteiger partial charge in [0.1, 0.15) is 11.5 Å². The minimum atomic E-state index is 0.668. The maximum Gasteiger partial charge on any atom is 0.127 e. The van der Waals surface area contributed by atoms with Crippen LogP contribution < -0.4 is 9.47 Å². The molecule has 0 aromatic heterocycles. The Morgan fingerprint density at radius 1 is 0.286 bits per heavy atom. The maximum absolute atomic E-state index is 6.24. The molecule has 0 heterocycles. The first-order valence-electron chi connectivity index (χ1n) is 18.3. The highest BCUT2D eigenvalue weighted by atomic mass is 16.5. The Labute approximate surface area is 328 Å². The summed E-state index contributed by atoms with van der Waals surface area (Å²) in [7, 11) is 3.40. The summed E-state index contributed by atoms with van der Waals surface area (Å²) in [6.07, 6.45) is 0. The summed E-state index contributed by atoms with van der Waals surface area (Å²) < 4.78 is 12.5. The first kappa shape index (κ1) is 35.2. The van der Waals surface area contributed by atoms with Gasteiger partial charge < -0.3 is 9.47 Å². The zero-order chi connectivity index (χ0) is 38.1. The number of fused-ring (bicyclic) bond motifs is 2. The van der Waals surface area contributed by atoms with Gasteiger partial charge in [-0.2, -0.15) is 0 Å². The fourth-order valence-electron chi connectivity index (χ4n) is 6.76. The lowest BCUT2D eigenvalue weighted by Gasteiger charge is -2.20. The average Bonchev–Trinajstić information content (AvgIpc) is 3.27. The van der Waals surface area contributed by atoms with Crippen LogP contribution in [-0.2, 0) is 0 Å². The summed E-state index contributed by atoms with van der Waals surface area (Å²) in [6.45, 7) is 0. The molecule has 8 aromatic rings. The molecule has 0 aliphatic rings. The van der Waals surface area contributed by atoms with Gasteiger partial charge >= 0.3 is 0 Å². The van der Waals surface area contributed by atoms with E-state index in [2.05, 4.69) is 83.8 Å². The predicted octanol–water partition coefficient (Wildman–Crippen LogP) is 11.3. The number of hydrogen-bond acceptors (Lipinski definition) is 2. The second-order valence-electron chi connectivity index (χ2n) is 12.9. The van der Waals surface area contributed by atoms with Crippen molar-refractivity contribution in [2.45, 2.75) is 0 Å². The monoisotopic (exact) mass is 714 g/mol. The molecule has 0 atom stereocenters. The van der Waals surface area contributed by atoms with Crippen molar-refractivity contribution < 1.29 is 9.47 Å². The van der Waals surface area contributed by atoms with Gasteiger partial charge in [-0.3, -0.25) is 0 Å². The zero-order valence-electron chi connectivity index (χ0n) is 31.0. The molecule has 0 radical (unpaired) electrons. The molecule has 8 rings (SSSR count). The van der Waals surface area contributed by atoms with Crippen molar-refractivity contribution >= 4 is 21.5 Å². The highest BCUT2D eigenvalue weighted by Gasteiger charge is 2.23. The molecular weight excluding hydrogens is 681 g/mol. The van der Waals surface area contributed by atoms with Crippen LogP contribution in [0.3, 0.4) is 0 Å². The van der Waals surface area contributed by atoms with E-state index in [-0.39, 0.29) is 0 Å². The van der Waals surface area contributed by atoms with Crippen LogP contribution in [0.5, 0.6) is 11.5 Å². The molecule has 0 N–H and O–H groups in total. The van der Waals surface area contributed by atoms with Gasteiger partial charge in [0, 0.05) is 66.4 Å². The van der Waals surface area contributed by atoms with E-state index >= 15 is 0 Å². The molecule has 0 aliphatic carbocycles. The molecule has 0 saturated heterocycles. The van der Waals surface area contributed by atoms with Crippen LogP contribution in [0.15, 0.2) is 170 Å². The Hall–Kier alpha value is -7.88. The molecule has 0 fully saturated rings. The van der Waals surface area contributed by atoms with Crippen LogP contribution in [-0.4, -0.2) is 14.2 Å². The Bertz CT molecular complexity index is 2760. The van der Waals surface area contributed by atoms with E-state index < -0.39 is 0 Å². The Morgan fingerprint density at radius 3 is 0.875 bits per heavy atom. The van der Waals surface area contributed by atoms with Crippen molar-refractivity contribution in [3.05, 3.63) is 214 Å². The summed E-state index contributed by atoms with van der Waals surface area (Å²) in [5.74, 6) is 28.9. The van der Waals surface area contributed by atoms with E-state index in [4.69, 9.17) is 9.47 Å². The lowest BCUT2D eigenvalue weighted by molar-refractivity contribution is 0.411. The van der Waals surface area contributed by atoms with E-state index in [1.807, 2.05) is 133 Å². The predicted molar refractivity (Wildman–Crippen MR) is 230 cm³/mol. The molecule has 0 amide bonds. The molecule has 2 nitrogen and oxygen atoms in total. The van der Waals surface area contributed by atoms with Crippen LogP contribution in [0, 0.1) is 47.4 Å². The van der Waals surface area contributed by atoms with Crippen molar-refractivity contribution in [1.82, 2.24) is 0 Å². The minimum absolute atomic E-state index is 0.668. The largest absolute Gasteiger partial charge is 0.496 e. The first-order valence-corrected chi connectivity index (χ1v) is 18.3. The van der Waals surface area contributed by atoms with E-state index in [0.717, 1.165) is 77.2 Å². The fraction of sp³-hybridized carbons (Fsp3) is 0.0370. The Balaban J connectivity index is 1.49. The summed E-state index contributed by atoms with van der Waals surface area (Å²) >= 11 is 0. The van der Waals surface area contributed by atoms with Crippen molar-refractivity contribution in [2.24, 2.45) is 0 Å². The molecular formula is C54H34O2. The highest BCUT2D eigenvalue weighted by Crippen LogP contribution is 2.48. The summed E-state index contributed by atoms with van der Waals surface area (Å²) in [5.41, 5.74) is 8.78. The highest BCUT2D eigenvalue weighted by molar-refractivity contribution is 6.14. The fourth-order valence-corrected chi connectivity index (χ4v) is 6.76. The van der Waals surface area contributed by atoms with E-state index in [1.54, 1.807) is 14.2 Å². The Kier molecular flexibility index (Phi) is 10.3. The number of rotatable bonds is 3. The minimum Gasteiger partial charge on any atom is -0.496 e. The first-order chi connectivity index (χ1) is 27.7. The lowest BCUT2D eigenvalue weighted by atomic mass is 9.86. The molecule has 0 aliphatic heterocycles. The molecule has 8 aromatic carbocycles. The van der Waals surface area contributed by atoms with Crippen LogP contribution in [0.4, 0.5) is 0 Å². The lowest BCUT2D eigenvalue weighted by Crippen LogP contribution is -1.99. The second-order valence-corrected chi connectivity index (χ2v) is 12.9. The average molecular weight is 715 g/mol. The quantitative estimate of drug-likeness (QED) is 0.170. The van der Waals surface area contributed by atoms with Crippen LogP contribution in [0.25, 0.3) is 32.7 Å². The van der Waals surface area contributed by atoms with Crippen molar-refractivity contribution in [3.8, 4) is 70.0 Å². The number of benzene rings is 8. The van der Waals surface area contributed by atoms with E-state index in [1.165, 1.54) is 0 Å². The SMILES string of the molecule is COc1ccc2c(C#Cc3ccccc3)ccc(C#Cc3ccccc3)c2c1-c1c(OC)ccc2c(C#Cc3ccccc3)ccc(C#Cc3ccccc3)c12. The third kappa shape index (κ3) is 7.47. The van der Waals surface area contributed by atoms with Crippen LogP contribution >= 0.6 is 0 Å². The van der Waals surface area contributed by atoms with Gasteiger partial charge in [0.15, 0.2) is 0 Å². The van der Waals surface area contributed by atoms with Gasteiger partial charge in [0.2, 0.25) is 0 Å². The van der Waals surface area contributed by atoms with Crippen molar-refractivity contribution in [3.63, 3.8) is 0 Å². The third-order valence-corrected chi connectivity index (χ3v) is 9.44. The molecule has 0 spiro atoms.